The van der Waals surface area contributed by atoms with E-state index in [-0.39, 0.29) is 0 Å². The molecule has 0 aliphatic carbocycles. The average Bonchev–Trinajstić information content (AvgIpc) is 3.93. The zero-order valence-electron chi connectivity index (χ0n) is 26.3. The molecule has 0 aliphatic heterocycles. The first-order chi connectivity index (χ1) is 24.8. The van der Waals surface area contributed by atoms with Gasteiger partial charge < -0.3 is 4.42 Å². The van der Waals surface area contributed by atoms with E-state index in [1.165, 1.54) is 61.9 Å². The second kappa shape index (κ2) is 9.76. The van der Waals surface area contributed by atoms with Gasteiger partial charge in [0.25, 0.3) is 0 Å². The van der Waals surface area contributed by atoms with Crippen molar-refractivity contribution in [3.8, 4) is 17.2 Å². The summed E-state index contributed by atoms with van der Waals surface area (Å²) in [7, 11) is 0. The second-order valence-electron chi connectivity index (χ2n) is 12.9. The Morgan fingerprint density at radius 3 is 1.98 bits per heavy atom. The smallest absolute Gasteiger partial charge is 0.197 e. The minimum Gasteiger partial charge on any atom is -0.450 e. The van der Waals surface area contributed by atoms with Crippen molar-refractivity contribution in [3.63, 3.8) is 0 Å². The number of para-hydroxylation sites is 2. The highest BCUT2D eigenvalue weighted by atomic mass is 32.1. The molecule has 232 valence electrons. The lowest BCUT2D eigenvalue weighted by molar-refractivity contribution is 0.662. The summed E-state index contributed by atoms with van der Waals surface area (Å²) in [6, 6.07) is 49.6. The summed E-state index contributed by atoms with van der Waals surface area (Å²) in [5, 5.41) is 10.9. The first-order valence-electron chi connectivity index (χ1n) is 16.7. The highest BCUT2D eigenvalue weighted by Crippen LogP contribution is 2.49. The van der Waals surface area contributed by atoms with Crippen LogP contribution in [0.4, 0.5) is 0 Å². The van der Waals surface area contributed by atoms with Crippen molar-refractivity contribution in [3.05, 3.63) is 140 Å². The molecule has 0 fully saturated rings. The van der Waals surface area contributed by atoms with Crippen LogP contribution in [0, 0.1) is 0 Å². The number of benzene rings is 7. The van der Waals surface area contributed by atoms with Crippen LogP contribution in [0.2, 0.25) is 0 Å². The molecule has 7 aromatic carbocycles. The van der Waals surface area contributed by atoms with Crippen molar-refractivity contribution >= 4 is 118 Å². The maximum atomic E-state index is 6.74. The molecular weight excluding hydrogens is 651 g/mol. The fourth-order valence-electron chi connectivity index (χ4n) is 8.11. The third-order valence-corrected chi connectivity index (χ3v) is 12.6. The van der Waals surface area contributed by atoms with Gasteiger partial charge >= 0.3 is 0 Å². The third-order valence-electron chi connectivity index (χ3n) is 10.2. The molecule has 0 spiro atoms. The summed E-state index contributed by atoms with van der Waals surface area (Å²) in [6.07, 6.45) is 0. The first-order valence-corrected chi connectivity index (χ1v) is 18.3. The number of hydrogen-bond acceptors (Lipinski definition) is 5. The van der Waals surface area contributed by atoms with Crippen LogP contribution in [0.1, 0.15) is 0 Å². The number of nitrogens with zero attached hydrogens (tertiary/aromatic N) is 3. The van der Waals surface area contributed by atoms with Gasteiger partial charge in [-0.15, -0.1) is 22.7 Å². The minimum absolute atomic E-state index is 0.682. The highest BCUT2D eigenvalue weighted by molar-refractivity contribution is 7.27. The number of aromatic nitrogens is 3. The number of fused-ring (bicyclic) bond motifs is 16. The molecule has 0 saturated carbocycles. The van der Waals surface area contributed by atoms with E-state index in [1.807, 2.05) is 23.5 Å². The van der Waals surface area contributed by atoms with Gasteiger partial charge in [-0.3, -0.25) is 4.57 Å². The predicted octanol–water partition coefficient (Wildman–Crippen LogP) is 13.0. The number of hydrogen-bond donors (Lipinski definition) is 0. The standard InChI is InChI=1S/C44H23N3OS2/c1-2-14-26-25(13-1)36-30-17-6-10-23-35(30)50-42(36)37-28-15-3-7-20-32(28)47(39(26)37)44-40-38(29-16-4-8-21-33(29)48-40)45-43(46-44)31-19-11-18-27-24-12-5-9-22-34(24)49-41(27)31/h1-23H. The third kappa shape index (κ3) is 3.44. The van der Waals surface area contributed by atoms with Crippen LogP contribution in [-0.2, 0) is 0 Å². The van der Waals surface area contributed by atoms with Gasteiger partial charge in [0.2, 0.25) is 0 Å². The van der Waals surface area contributed by atoms with E-state index in [9.17, 15) is 0 Å². The molecule has 50 heavy (non-hydrogen) atoms. The van der Waals surface area contributed by atoms with Crippen LogP contribution >= 0.6 is 22.7 Å². The van der Waals surface area contributed by atoms with E-state index in [0.717, 1.165) is 38.9 Å². The minimum atomic E-state index is 0.682. The molecule has 0 radical (unpaired) electrons. The molecule has 0 amide bonds. The summed E-state index contributed by atoms with van der Waals surface area (Å²) in [5.41, 5.74) is 5.54. The van der Waals surface area contributed by atoms with Crippen molar-refractivity contribution in [1.29, 1.82) is 0 Å². The van der Waals surface area contributed by atoms with Crippen LogP contribution in [0.15, 0.2) is 144 Å². The van der Waals surface area contributed by atoms with Gasteiger partial charge in [-0.25, -0.2) is 9.97 Å². The molecule has 0 atom stereocenters. The molecule has 12 rings (SSSR count). The van der Waals surface area contributed by atoms with Crippen LogP contribution in [0.5, 0.6) is 0 Å². The summed E-state index contributed by atoms with van der Waals surface area (Å²) >= 11 is 3.67. The maximum Gasteiger partial charge on any atom is 0.197 e. The monoisotopic (exact) mass is 673 g/mol. The number of thiophene rings is 2. The van der Waals surface area contributed by atoms with Crippen molar-refractivity contribution in [2.75, 3.05) is 0 Å². The highest BCUT2D eigenvalue weighted by Gasteiger charge is 2.26. The molecule has 0 N–H and O–H groups in total. The SMILES string of the molecule is c1ccc2c(c1)oc1c(-n3c4ccccc4c4c5sc6ccccc6c5c5ccccc5c43)nc(-c3cccc4c3sc3ccccc34)nc12. The zero-order chi connectivity index (χ0) is 32.5. The molecule has 0 saturated heterocycles. The van der Waals surface area contributed by atoms with Gasteiger partial charge in [0.1, 0.15) is 11.1 Å². The normalized spacial score (nSPS) is 12.4. The van der Waals surface area contributed by atoms with Crippen LogP contribution in [0.3, 0.4) is 0 Å². The second-order valence-corrected chi connectivity index (χ2v) is 15.0. The molecule has 0 unspecified atom stereocenters. The van der Waals surface area contributed by atoms with E-state index < -0.39 is 0 Å². The average molecular weight is 674 g/mol. The molecule has 4 nitrogen and oxygen atoms in total. The van der Waals surface area contributed by atoms with Gasteiger partial charge in [0.05, 0.1) is 11.0 Å². The number of rotatable bonds is 2. The summed E-state index contributed by atoms with van der Waals surface area (Å²) in [5.74, 6) is 1.44. The Kier molecular flexibility index (Phi) is 5.23. The molecule has 5 aromatic heterocycles. The fraction of sp³-hybridized carbons (Fsp3) is 0. The quantitative estimate of drug-likeness (QED) is 0.183. The van der Waals surface area contributed by atoms with Crippen molar-refractivity contribution in [2.24, 2.45) is 0 Å². The fourth-order valence-corrected chi connectivity index (χ4v) is 10.6. The van der Waals surface area contributed by atoms with Gasteiger partial charge in [-0.2, -0.15) is 0 Å². The lowest BCUT2D eigenvalue weighted by Crippen LogP contribution is -2.02. The molecule has 5 heterocycles. The number of furan rings is 1. The van der Waals surface area contributed by atoms with E-state index in [0.29, 0.717) is 11.4 Å². The summed E-state index contributed by atoms with van der Waals surface area (Å²) < 4.78 is 14.1. The van der Waals surface area contributed by atoms with E-state index >= 15 is 0 Å². The Hall–Kier alpha value is -6.08. The predicted molar refractivity (Wildman–Crippen MR) is 212 cm³/mol. The van der Waals surface area contributed by atoms with Gasteiger partial charge in [0, 0.05) is 67.5 Å². The zero-order valence-corrected chi connectivity index (χ0v) is 28.0. The summed E-state index contributed by atoms with van der Waals surface area (Å²) in [6.45, 7) is 0. The van der Waals surface area contributed by atoms with Gasteiger partial charge in [-0.1, -0.05) is 103 Å². The van der Waals surface area contributed by atoms with Crippen molar-refractivity contribution in [2.45, 2.75) is 0 Å². The van der Waals surface area contributed by atoms with Crippen molar-refractivity contribution in [1.82, 2.24) is 14.5 Å². The van der Waals surface area contributed by atoms with E-state index in [4.69, 9.17) is 14.4 Å². The molecule has 6 heteroatoms. The van der Waals surface area contributed by atoms with Crippen LogP contribution in [-0.4, -0.2) is 14.5 Å². The Balaban J connectivity index is 1.30. The lowest BCUT2D eigenvalue weighted by atomic mass is 10.00. The topological polar surface area (TPSA) is 43.9 Å². The largest absolute Gasteiger partial charge is 0.450 e. The van der Waals surface area contributed by atoms with Gasteiger partial charge in [-0.05, 0) is 41.8 Å². The van der Waals surface area contributed by atoms with Crippen molar-refractivity contribution < 1.29 is 4.42 Å². The van der Waals surface area contributed by atoms with Crippen LogP contribution < -0.4 is 0 Å². The molecular formula is C44H23N3OS2. The summed E-state index contributed by atoms with van der Waals surface area (Å²) in [4.78, 5) is 10.8. The van der Waals surface area contributed by atoms with E-state index in [2.05, 4.69) is 132 Å². The van der Waals surface area contributed by atoms with E-state index in [1.54, 1.807) is 11.3 Å². The first kappa shape index (κ1) is 26.8. The Labute approximate surface area is 292 Å². The molecule has 0 aliphatic rings. The Bertz CT molecular complexity index is 3400. The Morgan fingerprint density at radius 1 is 0.480 bits per heavy atom. The Morgan fingerprint density at radius 2 is 1.12 bits per heavy atom. The molecule has 12 aromatic rings. The van der Waals surface area contributed by atoms with Crippen LogP contribution in [0.25, 0.3) is 112 Å². The lowest BCUT2D eigenvalue weighted by Gasteiger charge is -2.12. The van der Waals surface area contributed by atoms with Gasteiger partial charge in [0.15, 0.2) is 17.2 Å². The maximum absolute atomic E-state index is 6.74. The molecule has 0 bridgehead atoms.